The second kappa shape index (κ2) is 5.00. The van der Waals surface area contributed by atoms with Gasteiger partial charge in [0.15, 0.2) is 0 Å². The fourth-order valence-corrected chi connectivity index (χ4v) is 2.57. The van der Waals surface area contributed by atoms with E-state index in [-0.39, 0.29) is 0 Å². The van der Waals surface area contributed by atoms with Crippen LogP contribution in [0.5, 0.6) is 0 Å². The molecule has 1 fully saturated rings. The summed E-state index contributed by atoms with van der Waals surface area (Å²) in [4.78, 5) is 6.86. The molecule has 2 rings (SSSR count). The molecular formula is C13H23N3. The van der Waals surface area contributed by atoms with Crippen molar-refractivity contribution in [2.24, 2.45) is 0 Å². The van der Waals surface area contributed by atoms with Crippen molar-refractivity contribution >= 4 is 0 Å². The maximum Gasteiger partial charge on any atom is 0.0951 e. The molecule has 0 bridgehead atoms. The van der Waals surface area contributed by atoms with Gasteiger partial charge in [-0.2, -0.15) is 0 Å². The van der Waals surface area contributed by atoms with E-state index >= 15 is 0 Å². The quantitative estimate of drug-likeness (QED) is 0.781. The molecule has 0 amide bonds. The fraction of sp³-hybridized carbons (Fsp3) is 0.769. The Hall–Kier alpha value is -0.830. The zero-order valence-corrected chi connectivity index (χ0v) is 10.7. The SMILES string of the molecule is Cc1ncn(CCC2CCCCN2C)c1C. The summed E-state index contributed by atoms with van der Waals surface area (Å²) in [6, 6.07) is 0.774. The number of aryl methyl sites for hydroxylation is 2. The highest BCUT2D eigenvalue weighted by Gasteiger charge is 2.18. The Morgan fingerprint density at radius 2 is 2.19 bits per heavy atom. The predicted octanol–water partition coefficient (Wildman–Crippen LogP) is 2.37. The third-order valence-electron chi connectivity index (χ3n) is 3.97. The second-order valence-electron chi connectivity index (χ2n) is 5.03. The second-order valence-corrected chi connectivity index (χ2v) is 5.03. The van der Waals surface area contributed by atoms with E-state index in [0.29, 0.717) is 0 Å². The summed E-state index contributed by atoms with van der Waals surface area (Å²) in [7, 11) is 2.26. The summed E-state index contributed by atoms with van der Waals surface area (Å²) >= 11 is 0. The largest absolute Gasteiger partial charge is 0.335 e. The fourth-order valence-electron chi connectivity index (χ4n) is 2.57. The first-order valence-electron chi connectivity index (χ1n) is 6.37. The molecule has 1 saturated heterocycles. The molecule has 1 atom stereocenters. The summed E-state index contributed by atoms with van der Waals surface area (Å²) in [5, 5.41) is 0. The third-order valence-corrected chi connectivity index (χ3v) is 3.97. The Balaban J connectivity index is 1.89. The van der Waals surface area contributed by atoms with Gasteiger partial charge in [0.25, 0.3) is 0 Å². The van der Waals surface area contributed by atoms with Gasteiger partial charge in [-0.15, -0.1) is 0 Å². The lowest BCUT2D eigenvalue weighted by molar-refractivity contribution is 0.171. The first-order chi connectivity index (χ1) is 7.68. The molecule has 3 heteroatoms. The Labute approximate surface area is 98.5 Å². The van der Waals surface area contributed by atoms with Crippen LogP contribution in [0, 0.1) is 13.8 Å². The first-order valence-corrected chi connectivity index (χ1v) is 6.37. The summed E-state index contributed by atoms with van der Waals surface area (Å²) in [5.41, 5.74) is 2.48. The van der Waals surface area contributed by atoms with Crippen LogP contribution >= 0.6 is 0 Å². The van der Waals surface area contributed by atoms with Gasteiger partial charge in [-0.1, -0.05) is 6.42 Å². The number of aromatic nitrogens is 2. The molecule has 90 valence electrons. The topological polar surface area (TPSA) is 21.1 Å². The summed E-state index contributed by atoms with van der Waals surface area (Å²) < 4.78 is 2.29. The van der Waals surface area contributed by atoms with E-state index in [1.165, 1.54) is 37.9 Å². The number of nitrogens with zero attached hydrogens (tertiary/aromatic N) is 3. The van der Waals surface area contributed by atoms with E-state index in [9.17, 15) is 0 Å². The molecular weight excluding hydrogens is 198 g/mol. The van der Waals surface area contributed by atoms with Crippen molar-refractivity contribution in [1.29, 1.82) is 0 Å². The molecule has 0 saturated carbocycles. The standard InChI is InChI=1S/C13H23N3/c1-11-12(2)16(10-14-11)9-7-13-6-4-5-8-15(13)3/h10,13H,4-9H2,1-3H3. The van der Waals surface area contributed by atoms with Crippen molar-refractivity contribution in [1.82, 2.24) is 14.5 Å². The molecule has 0 spiro atoms. The van der Waals surface area contributed by atoms with Crippen molar-refractivity contribution in [2.75, 3.05) is 13.6 Å². The Morgan fingerprint density at radius 3 is 2.81 bits per heavy atom. The van der Waals surface area contributed by atoms with E-state index < -0.39 is 0 Å². The lowest BCUT2D eigenvalue weighted by atomic mass is 10.0. The van der Waals surface area contributed by atoms with Gasteiger partial charge in [-0.25, -0.2) is 4.98 Å². The van der Waals surface area contributed by atoms with Gasteiger partial charge in [0.05, 0.1) is 12.0 Å². The lowest BCUT2D eigenvalue weighted by Crippen LogP contribution is -2.36. The Morgan fingerprint density at radius 1 is 1.38 bits per heavy atom. The van der Waals surface area contributed by atoms with Crippen molar-refractivity contribution in [3.63, 3.8) is 0 Å². The maximum absolute atomic E-state index is 4.35. The van der Waals surface area contributed by atoms with E-state index in [1.54, 1.807) is 0 Å². The summed E-state index contributed by atoms with van der Waals surface area (Å²) in [5.74, 6) is 0. The maximum atomic E-state index is 4.35. The molecule has 0 aromatic carbocycles. The van der Waals surface area contributed by atoms with Gasteiger partial charge in [-0.05, 0) is 46.7 Å². The van der Waals surface area contributed by atoms with Crippen LogP contribution in [0.2, 0.25) is 0 Å². The van der Waals surface area contributed by atoms with E-state index in [2.05, 4.69) is 35.3 Å². The minimum atomic E-state index is 0.774. The van der Waals surface area contributed by atoms with E-state index in [4.69, 9.17) is 0 Å². The highest BCUT2D eigenvalue weighted by atomic mass is 15.1. The summed E-state index contributed by atoms with van der Waals surface area (Å²) in [6.45, 7) is 6.62. The first kappa shape index (κ1) is 11.6. The monoisotopic (exact) mass is 221 g/mol. The highest BCUT2D eigenvalue weighted by Crippen LogP contribution is 2.18. The van der Waals surface area contributed by atoms with Gasteiger partial charge in [0.2, 0.25) is 0 Å². The number of rotatable bonds is 3. The van der Waals surface area contributed by atoms with Gasteiger partial charge >= 0.3 is 0 Å². The molecule has 0 N–H and O–H groups in total. The number of imidazole rings is 1. The molecule has 16 heavy (non-hydrogen) atoms. The van der Waals surface area contributed by atoms with Crippen LogP contribution in [0.1, 0.15) is 37.1 Å². The summed E-state index contributed by atoms with van der Waals surface area (Å²) in [6.07, 6.45) is 7.37. The number of hydrogen-bond acceptors (Lipinski definition) is 2. The average molecular weight is 221 g/mol. The molecule has 2 heterocycles. The van der Waals surface area contributed by atoms with Crippen LogP contribution in [0.4, 0.5) is 0 Å². The van der Waals surface area contributed by atoms with Crippen LogP contribution < -0.4 is 0 Å². The van der Waals surface area contributed by atoms with Crippen molar-refractivity contribution in [2.45, 2.75) is 52.1 Å². The normalized spacial score (nSPS) is 22.6. The number of hydrogen-bond donors (Lipinski definition) is 0. The van der Waals surface area contributed by atoms with Gasteiger partial charge < -0.3 is 9.47 Å². The molecule has 1 aliphatic heterocycles. The van der Waals surface area contributed by atoms with Crippen LogP contribution in [-0.2, 0) is 6.54 Å². The number of likely N-dealkylation sites (tertiary alicyclic amines) is 1. The Bertz CT molecular complexity index is 343. The average Bonchev–Trinajstić information content (AvgIpc) is 2.59. The van der Waals surface area contributed by atoms with Crippen molar-refractivity contribution in [3.05, 3.63) is 17.7 Å². The minimum Gasteiger partial charge on any atom is -0.335 e. The number of piperidine rings is 1. The molecule has 1 aromatic rings. The lowest BCUT2D eigenvalue weighted by Gasteiger charge is -2.32. The molecule has 3 nitrogen and oxygen atoms in total. The van der Waals surface area contributed by atoms with E-state index in [0.717, 1.165) is 18.3 Å². The van der Waals surface area contributed by atoms with Gasteiger partial charge in [-0.3, -0.25) is 0 Å². The molecule has 0 radical (unpaired) electrons. The Kier molecular flexibility index (Phi) is 3.64. The van der Waals surface area contributed by atoms with Crippen LogP contribution in [0.15, 0.2) is 6.33 Å². The third kappa shape index (κ3) is 2.46. The van der Waals surface area contributed by atoms with Gasteiger partial charge in [0, 0.05) is 18.3 Å². The zero-order chi connectivity index (χ0) is 11.5. The molecule has 1 aliphatic rings. The minimum absolute atomic E-state index is 0.774. The van der Waals surface area contributed by atoms with Crippen LogP contribution in [0.25, 0.3) is 0 Å². The molecule has 0 aliphatic carbocycles. The van der Waals surface area contributed by atoms with Crippen molar-refractivity contribution in [3.8, 4) is 0 Å². The smallest absolute Gasteiger partial charge is 0.0951 e. The van der Waals surface area contributed by atoms with Gasteiger partial charge in [0.1, 0.15) is 0 Å². The molecule has 1 unspecified atom stereocenters. The zero-order valence-electron chi connectivity index (χ0n) is 10.7. The van der Waals surface area contributed by atoms with Crippen molar-refractivity contribution < 1.29 is 0 Å². The molecule has 1 aromatic heterocycles. The predicted molar refractivity (Wildman–Crippen MR) is 66.6 cm³/mol. The highest BCUT2D eigenvalue weighted by molar-refractivity contribution is 5.08. The van der Waals surface area contributed by atoms with Crippen LogP contribution in [0.3, 0.4) is 0 Å². The van der Waals surface area contributed by atoms with Crippen LogP contribution in [-0.4, -0.2) is 34.1 Å². The van der Waals surface area contributed by atoms with E-state index in [1.807, 2.05) is 6.33 Å².